The molecule has 4 nitrogen and oxygen atoms in total. The van der Waals surface area contributed by atoms with Crippen molar-refractivity contribution >= 4 is 6.09 Å². The van der Waals surface area contributed by atoms with Gasteiger partial charge in [0, 0.05) is 25.2 Å². The van der Waals surface area contributed by atoms with E-state index in [0.717, 1.165) is 31.3 Å². The molecule has 1 N–H and O–H groups in total. The Morgan fingerprint density at radius 3 is 2.87 bits per heavy atom. The first-order chi connectivity index (χ1) is 10.8. The van der Waals surface area contributed by atoms with E-state index < -0.39 is 5.60 Å². The Balaban J connectivity index is 1.49. The van der Waals surface area contributed by atoms with Gasteiger partial charge >= 0.3 is 6.09 Å². The number of carbonyl (C=O) groups is 1. The first-order valence-corrected chi connectivity index (χ1v) is 9.24. The zero-order valence-electron chi connectivity index (χ0n) is 15.0. The molecule has 0 bridgehead atoms. The van der Waals surface area contributed by atoms with Gasteiger partial charge < -0.3 is 15.0 Å². The standard InChI is InChI=1S/C19H32N2O2/c1-13(20-17-11-14-7-5-9-16(14)17)15-8-6-10-21(12-15)18(22)23-19(2,3)4/h5,9,13-17,20H,6-8,10-12H2,1-4H3. The van der Waals surface area contributed by atoms with Gasteiger partial charge in [-0.3, -0.25) is 0 Å². The minimum atomic E-state index is -0.413. The van der Waals surface area contributed by atoms with Crippen LogP contribution in [0, 0.1) is 17.8 Å². The van der Waals surface area contributed by atoms with Crippen molar-refractivity contribution in [1.82, 2.24) is 10.2 Å². The van der Waals surface area contributed by atoms with Gasteiger partial charge in [-0.05, 0) is 71.1 Å². The fourth-order valence-corrected chi connectivity index (χ4v) is 4.29. The van der Waals surface area contributed by atoms with Crippen molar-refractivity contribution in [2.45, 2.75) is 71.1 Å². The summed E-state index contributed by atoms with van der Waals surface area (Å²) in [5.74, 6) is 2.17. The number of hydrogen-bond donors (Lipinski definition) is 1. The molecule has 1 amide bonds. The molecule has 23 heavy (non-hydrogen) atoms. The molecule has 4 heteroatoms. The predicted octanol–water partition coefficient (Wildman–Crippen LogP) is 3.58. The normalized spacial score (nSPS) is 34.7. The third kappa shape index (κ3) is 3.90. The lowest BCUT2D eigenvalue weighted by molar-refractivity contribution is 0.0136. The summed E-state index contributed by atoms with van der Waals surface area (Å²) in [6.07, 6.45) is 9.43. The smallest absolute Gasteiger partial charge is 0.410 e. The molecule has 3 rings (SSSR count). The number of nitrogens with zero attached hydrogens (tertiary/aromatic N) is 1. The van der Waals surface area contributed by atoms with Crippen LogP contribution in [0.25, 0.3) is 0 Å². The molecule has 0 aromatic heterocycles. The zero-order chi connectivity index (χ0) is 16.6. The van der Waals surface area contributed by atoms with E-state index in [1.807, 2.05) is 25.7 Å². The van der Waals surface area contributed by atoms with Crippen LogP contribution >= 0.6 is 0 Å². The lowest BCUT2D eigenvalue weighted by Crippen LogP contribution is -2.55. The summed E-state index contributed by atoms with van der Waals surface area (Å²) in [6, 6.07) is 1.10. The molecule has 3 aliphatic rings. The molecular weight excluding hydrogens is 288 g/mol. The average Bonchev–Trinajstić information content (AvgIpc) is 2.84. The summed E-state index contributed by atoms with van der Waals surface area (Å²) in [7, 11) is 0. The molecule has 0 spiro atoms. The number of fused-ring (bicyclic) bond motifs is 1. The number of ether oxygens (including phenoxy) is 1. The summed E-state index contributed by atoms with van der Waals surface area (Å²) in [6.45, 7) is 9.72. The van der Waals surface area contributed by atoms with Gasteiger partial charge in [-0.15, -0.1) is 0 Å². The van der Waals surface area contributed by atoms with Gasteiger partial charge in [-0.25, -0.2) is 4.79 Å². The van der Waals surface area contributed by atoms with Crippen molar-refractivity contribution in [3.63, 3.8) is 0 Å². The molecule has 1 heterocycles. The third-order valence-electron chi connectivity index (χ3n) is 5.66. The van der Waals surface area contributed by atoms with Gasteiger partial charge in [0.1, 0.15) is 5.60 Å². The van der Waals surface area contributed by atoms with Gasteiger partial charge in [0.2, 0.25) is 0 Å². The van der Waals surface area contributed by atoms with Crippen molar-refractivity contribution in [2.24, 2.45) is 17.8 Å². The van der Waals surface area contributed by atoms with Crippen LogP contribution in [0.3, 0.4) is 0 Å². The Labute approximate surface area is 140 Å². The highest BCUT2D eigenvalue weighted by atomic mass is 16.6. The van der Waals surface area contributed by atoms with Crippen LogP contribution in [0.2, 0.25) is 0 Å². The number of likely N-dealkylation sites (tertiary alicyclic amines) is 1. The van der Waals surface area contributed by atoms with Gasteiger partial charge in [-0.2, -0.15) is 0 Å². The van der Waals surface area contributed by atoms with E-state index in [1.54, 1.807) is 0 Å². The van der Waals surface area contributed by atoms with Crippen LogP contribution in [-0.2, 0) is 4.74 Å². The number of rotatable bonds is 3. The van der Waals surface area contributed by atoms with Crippen molar-refractivity contribution in [3.05, 3.63) is 12.2 Å². The highest BCUT2D eigenvalue weighted by molar-refractivity contribution is 5.68. The van der Waals surface area contributed by atoms with Gasteiger partial charge in [0.25, 0.3) is 0 Å². The average molecular weight is 320 g/mol. The Morgan fingerprint density at radius 2 is 2.17 bits per heavy atom. The molecule has 0 radical (unpaired) electrons. The van der Waals surface area contributed by atoms with Gasteiger partial charge in [0.15, 0.2) is 0 Å². The maximum Gasteiger partial charge on any atom is 0.410 e. The number of carbonyl (C=O) groups excluding carboxylic acids is 1. The Bertz CT molecular complexity index is 468. The molecule has 2 fully saturated rings. The molecule has 2 aliphatic carbocycles. The Kier molecular flexibility index (Phi) is 4.73. The van der Waals surface area contributed by atoms with Gasteiger partial charge in [0.05, 0.1) is 0 Å². The molecule has 0 aromatic rings. The van der Waals surface area contributed by atoms with Crippen LogP contribution in [0.4, 0.5) is 4.79 Å². The van der Waals surface area contributed by atoms with Crippen LogP contribution in [0.15, 0.2) is 12.2 Å². The topological polar surface area (TPSA) is 41.6 Å². The third-order valence-corrected chi connectivity index (χ3v) is 5.66. The molecule has 1 saturated heterocycles. The molecule has 0 aromatic carbocycles. The van der Waals surface area contributed by atoms with Crippen molar-refractivity contribution in [2.75, 3.05) is 13.1 Å². The SMILES string of the molecule is CC(NC1CC2CC=CC21)C1CCCN(C(=O)OC(C)(C)C)C1. The number of piperidine rings is 1. The van der Waals surface area contributed by atoms with Crippen molar-refractivity contribution in [3.8, 4) is 0 Å². The van der Waals surface area contributed by atoms with Crippen LogP contribution in [0.1, 0.15) is 53.4 Å². The minimum Gasteiger partial charge on any atom is -0.444 e. The molecule has 130 valence electrons. The number of amides is 1. The number of hydrogen-bond acceptors (Lipinski definition) is 3. The van der Waals surface area contributed by atoms with E-state index in [4.69, 9.17) is 4.74 Å². The van der Waals surface area contributed by atoms with E-state index in [0.29, 0.717) is 18.0 Å². The van der Waals surface area contributed by atoms with Crippen LogP contribution in [-0.4, -0.2) is 41.8 Å². The molecule has 1 saturated carbocycles. The first kappa shape index (κ1) is 16.8. The summed E-state index contributed by atoms with van der Waals surface area (Å²) in [4.78, 5) is 14.2. The largest absolute Gasteiger partial charge is 0.444 e. The maximum atomic E-state index is 12.3. The van der Waals surface area contributed by atoms with Crippen molar-refractivity contribution in [1.29, 1.82) is 0 Å². The minimum absolute atomic E-state index is 0.156. The quantitative estimate of drug-likeness (QED) is 0.808. The van der Waals surface area contributed by atoms with Crippen LogP contribution in [0.5, 0.6) is 0 Å². The van der Waals surface area contributed by atoms with E-state index >= 15 is 0 Å². The lowest BCUT2D eigenvalue weighted by atomic mass is 9.70. The summed E-state index contributed by atoms with van der Waals surface area (Å²) in [5.41, 5.74) is -0.413. The van der Waals surface area contributed by atoms with Crippen molar-refractivity contribution < 1.29 is 9.53 Å². The maximum absolute atomic E-state index is 12.3. The Hall–Kier alpha value is -1.03. The second kappa shape index (κ2) is 6.46. The summed E-state index contributed by atoms with van der Waals surface area (Å²) < 4.78 is 5.53. The number of allylic oxidation sites excluding steroid dienone is 1. The Morgan fingerprint density at radius 1 is 1.39 bits per heavy atom. The highest BCUT2D eigenvalue weighted by Crippen LogP contribution is 2.43. The summed E-state index contributed by atoms with van der Waals surface area (Å²) in [5, 5.41) is 3.84. The first-order valence-electron chi connectivity index (χ1n) is 9.24. The van der Waals surface area contributed by atoms with Gasteiger partial charge in [-0.1, -0.05) is 12.2 Å². The lowest BCUT2D eigenvalue weighted by Gasteiger charge is -2.44. The monoisotopic (exact) mass is 320 g/mol. The predicted molar refractivity (Wildman–Crippen MR) is 92.3 cm³/mol. The fraction of sp³-hybridized carbons (Fsp3) is 0.842. The second-order valence-corrected chi connectivity index (χ2v) is 8.63. The number of nitrogens with one attached hydrogen (secondary N) is 1. The molecular formula is C19H32N2O2. The van der Waals surface area contributed by atoms with E-state index in [9.17, 15) is 4.79 Å². The zero-order valence-corrected chi connectivity index (χ0v) is 15.0. The second-order valence-electron chi connectivity index (χ2n) is 8.63. The van der Waals surface area contributed by atoms with E-state index in [1.165, 1.54) is 19.3 Å². The molecule has 1 aliphatic heterocycles. The van der Waals surface area contributed by atoms with E-state index in [-0.39, 0.29) is 6.09 Å². The fourth-order valence-electron chi connectivity index (χ4n) is 4.29. The van der Waals surface area contributed by atoms with E-state index in [2.05, 4.69) is 24.4 Å². The molecule has 5 atom stereocenters. The molecule has 5 unspecified atom stereocenters. The summed E-state index contributed by atoms with van der Waals surface area (Å²) >= 11 is 0. The highest BCUT2D eigenvalue weighted by Gasteiger charge is 2.42. The van der Waals surface area contributed by atoms with Crippen LogP contribution < -0.4 is 5.32 Å².